The number of allylic oxidation sites excluding steroid dienone is 1. The van der Waals surface area contributed by atoms with E-state index < -0.39 is 17.7 Å². The molecule has 8 bridgehead atoms. The second kappa shape index (κ2) is 11.2. The standard InChI is InChI=1S/C33H40N6O4/c1-22-28(29(31(40)41)43-32(2,3)4)30-37-17-14-33(5,15-18-37)42-19-8-6-7-11-24-13-16-38(35-24)25-12-9-10-23(20-25)26-21-27(34-22)39(30)36-26/h6,8-10,12-13,16,20-21,29H,7,11,14-15,17-19H2,1-5H3,(H,40,41)/t29-/m0/s1. The van der Waals surface area contributed by atoms with Crippen LogP contribution in [0.5, 0.6) is 0 Å². The first kappa shape index (κ1) is 29.1. The van der Waals surface area contributed by atoms with Crippen LogP contribution in [0, 0.1) is 6.92 Å². The molecule has 1 aromatic carbocycles. The number of benzene rings is 1. The number of anilines is 1. The molecule has 43 heavy (non-hydrogen) atoms. The van der Waals surface area contributed by atoms with Crippen molar-refractivity contribution in [3.63, 3.8) is 0 Å². The van der Waals surface area contributed by atoms with Crippen molar-refractivity contribution in [2.24, 2.45) is 0 Å². The van der Waals surface area contributed by atoms with Crippen LogP contribution in [0.1, 0.15) is 70.0 Å². The number of aryl methyl sites for hydroxylation is 2. The van der Waals surface area contributed by atoms with Gasteiger partial charge >= 0.3 is 5.97 Å². The maximum atomic E-state index is 12.7. The van der Waals surface area contributed by atoms with Crippen LogP contribution in [0.25, 0.3) is 22.6 Å². The summed E-state index contributed by atoms with van der Waals surface area (Å²) in [6.45, 7) is 11.5. The fraction of sp³-hybridized carbons (Fsp3) is 0.455. The highest BCUT2D eigenvalue weighted by molar-refractivity contribution is 5.79. The Balaban J connectivity index is 1.53. The van der Waals surface area contributed by atoms with Crippen molar-refractivity contribution in [3.05, 3.63) is 71.7 Å². The van der Waals surface area contributed by atoms with Crippen molar-refractivity contribution in [3.8, 4) is 16.9 Å². The number of piperidine rings is 1. The second-order valence-corrected chi connectivity index (χ2v) is 12.7. The van der Waals surface area contributed by atoms with E-state index in [1.165, 1.54) is 0 Å². The average molecular weight is 585 g/mol. The Morgan fingerprint density at radius 3 is 2.65 bits per heavy atom. The van der Waals surface area contributed by atoms with Crippen LogP contribution in [-0.2, 0) is 20.7 Å². The van der Waals surface area contributed by atoms with Gasteiger partial charge in [0.25, 0.3) is 0 Å². The van der Waals surface area contributed by atoms with E-state index in [0.717, 1.165) is 48.3 Å². The summed E-state index contributed by atoms with van der Waals surface area (Å²) in [5.74, 6) is -0.355. The lowest BCUT2D eigenvalue weighted by Gasteiger charge is -2.41. The predicted octanol–water partition coefficient (Wildman–Crippen LogP) is 5.71. The Labute approximate surface area is 251 Å². The summed E-state index contributed by atoms with van der Waals surface area (Å²) in [5.41, 5.74) is 4.44. The number of fused-ring (bicyclic) bond motifs is 6. The molecule has 4 aromatic rings. The molecular formula is C33H40N6O4. The highest BCUT2D eigenvalue weighted by atomic mass is 16.5. The Hall–Kier alpha value is -4.02. The average Bonchev–Trinajstić information content (AvgIpc) is 3.60. The van der Waals surface area contributed by atoms with Gasteiger partial charge in [-0.2, -0.15) is 14.7 Å². The Morgan fingerprint density at radius 2 is 1.91 bits per heavy atom. The number of hydrogen-bond donors (Lipinski definition) is 1. The van der Waals surface area contributed by atoms with Crippen molar-refractivity contribution in [1.82, 2.24) is 24.4 Å². The van der Waals surface area contributed by atoms with E-state index >= 15 is 0 Å². The number of nitrogens with zero attached hydrogens (tertiary/aromatic N) is 6. The molecule has 0 unspecified atom stereocenters. The maximum Gasteiger partial charge on any atom is 0.337 e. The van der Waals surface area contributed by atoms with Crippen LogP contribution in [0.15, 0.2) is 54.7 Å². The van der Waals surface area contributed by atoms with Crippen LogP contribution in [0.4, 0.5) is 5.82 Å². The fourth-order valence-corrected chi connectivity index (χ4v) is 5.90. The van der Waals surface area contributed by atoms with Crippen LogP contribution in [0.3, 0.4) is 0 Å². The molecule has 1 saturated heterocycles. The predicted molar refractivity (Wildman–Crippen MR) is 165 cm³/mol. The van der Waals surface area contributed by atoms with E-state index in [9.17, 15) is 9.90 Å². The molecular weight excluding hydrogens is 544 g/mol. The molecule has 7 rings (SSSR count). The van der Waals surface area contributed by atoms with Gasteiger partial charge in [-0.15, -0.1) is 0 Å². The van der Waals surface area contributed by atoms with Crippen LogP contribution >= 0.6 is 0 Å². The minimum atomic E-state index is -1.21. The number of rotatable bonds is 3. The van der Waals surface area contributed by atoms with E-state index in [-0.39, 0.29) is 5.60 Å². The molecule has 1 atom stereocenters. The van der Waals surface area contributed by atoms with E-state index in [2.05, 4.69) is 36.1 Å². The number of carbonyl (C=O) groups is 1. The summed E-state index contributed by atoms with van der Waals surface area (Å²) in [5, 5.41) is 20.2. The summed E-state index contributed by atoms with van der Waals surface area (Å²) in [6, 6.07) is 12.1. The normalized spacial score (nSPS) is 17.8. The van der Waals surface area contributed by atoms with Gasteiger partial charge in [-0.3, -0.25) is 0 Å². The van der Waals surface area contributed by atoms with Crippen LogP contribution < -0.4 is 4.90 Å². The zero-order chi connectivity index (χ0) is 30.4. The molecule has 0 spiro atoms. The van der Waals surface area contributed by atoms with Gasteiger partial charge in [-0.25, -0.2) is 14.5 Å². The molecule has 0 saturated carbocycles. The van der Waals surface area contributed by atoms with E-state index in [1.807, 2.05) is 62.8 Å². The van der Waals surface area contributed by atoms with Gasteiger partial charge in [0.05, 0.1) is 40.4 Å². The fourth-order valence-electron chi connectivity index (χ4n) is 5.90. The zero-order valence-corrected chi connectivity index (χ0v) is 25.6. The molecule has 10 heteroatoms. The lowest BCUT2D eigenvalue weighted by molar-refractivity contribution is -0.160. The summed E-state index contributed by atoms with van der Waals surface area (Å²) in [6.07, 6.45) is 8.35. The number of carboxylic acids is 1. The largest absolute Gasteiger partial charge is 0.479 e. The third-order valence-corrected chi connectivity index (χ3v) is 8.20. The number of aliphatic carboxylic acids is 1. The van der Waals surface area contributed by atoms with Crippen molar-refractivity contribution in [1.29, 1.82) is 0 Å². The van der Waals surface area contributed by atoms with Gasteiger partial charge in [0.15, 0.2) is 11.8 Å². The maximum absolute atomic E-state index is 12.7. The smallest absolute Gasteiger partial charge is 0.337 e. The molecule has 0 radical (unpaired) electrons. The van der Waals surface area contributed by atoms with E-state index in [1.54, 1.807) is 4.52 Å². The highest BCUT2D eigenvalue weighted by Crippen LogP contribution is 2.38. The lowest BCUT2D eigenvalue weighted by Crippen LogP contribution is -2.45. The summed E-state index contributed by atoms with van der Waals surface area (Å²) < 4.78 is 16.2. The summed E-state index contributed by atoms with van der Waals surface area (Å²) in [4.78, 5) is 19.8. The quantitative estimate of drug-likeness (QED) is 0.305. The Kier molecular flexibility index (Phi) is 7.60. The van der Waals surface area contributed by atoms with Crippen molar-refractivity contribution >= 4 is 17.4 Å². The van der Waals surface area contributed by atoms with E-state index in [4.69, 9.17) is 24.7 Å². The highest BCUT2D eigenvalue weighted by Gasteiger charge is 2.37. The first-order valence-electron chi connectivity index (χ1n) is 15.0. The van der Waals surface area contributed by atoms with Gasteiger partial charge in [-0.1, -0.05) is 24.3 Å². The molecule has 3 aliphatic heterocycles. The first-order chi connectivity index (χ1) is 20.5. The minimum Gasteiger partial charge on any atom is -0.479 e. The summed E-state index contributed by atoms with van der Waals surface area (Å²) in [7, 11) is 0. The molecule has 226 valence electrons. The SMILES string of the molecule is Cc1nc2cc3nn2c(c1[C@H](OC(C)(C)C)C(=O)O)N1CCC(C)(CC1)OCC=CCCc1ccn(n1)-c1cccc-3c1. The number of carboxylic acid groups (broad SMARTS) is 1. The lowest BCUT2D eigenvalue weighted by atomic mass is 9.92. The van der Waals surface area contributed by atoms with Gasteiger partial charge < -0.3 is 19.5 Å². The van der Waals surface area contributed by atoms with Gasteiger partial charge in [-0.05, 0) is 78.5 Å². The third kappa shape index (κ3) is 6.07. The second-order valence-electron chi connectivity index (χ2n) is 12.7. The summed E-state index contributed by atoms with van der Waals surface area (Å²) >= 11 is 0. The zero-order valence-electron chi connectivity index (χ0n) is 25.6. The molecule has 3 aromatic heterocycles. The number of hydrogen-bond acceptors (Lipinski definition) is 7. The Morgan fingerprint density at radius 1 is 1.12 bits per heavy atom. The van der Waals surface area contributed by atoms with Gasteiger partial charge in [0.1, 0.15) is 5.82 Å². The molecule has 6 heterocycles. The van der Waals surface area contributed by atoms with Gasteiger partial charge in [0.2, 0.25) is 0 Å². The number of ether oxygens (including phenoxy) is 2. The third-order valence-electron chi connectivity index (χ3n) is 8.20. The van der Waals surface area contributed by atoms with Crippen LogP contribution in [-0.4, -0.2) is 66.4 Å². The van der Waals surface area contributed by atoms with Crippen molar-refractivity contribution < 1.29 is 19.4 Å². The van der Waals surface area contributed by atoms with Crippen molar-refractivity contribution in [2.75, 3.05) is 24.6 Å². The molecule has 1 N–H and O–H groups in total. The molecule has 3 aliphatic rings. The van der Waals surface area contributed by atoms with Crippen molar-refractivity contribution in [2.45, 2.75) is 77.6 Å². The van der Waals surface area contributed by atoms with Gasteiger partial charge in [0, 0.05) is 36.6 Å². The molecule has 0 amide bonds. The topological polar surface area (TPSA) is 107 Å². The van der Waals surface area contributed by atoms with Crippen LogP contribution in [0.2, 0.25) is 0 Å². The molecule has 1 fully saturated rings. The molecule has 10 nitrogen and oxygen atoms in total. The molecule has 0 aliphatic carbocycles. The van der Waals surface area contributed by atoms with E-state index in [0.29, 0.717) is 42.4 Å². The Bertz CT molecular complexity index is 1670. The first-order valence-corrected chi connectivity index (χ1v) is 15.0. The minimum absolute atomic E-state index is 0.286. The monoisotopic (exact) mass is 584 g/mol. The number of aromatic nitrogens is 5.